The zero-order valence-corrected chi connectivity index (χ0v) is 16.0. The Balaban J connectivity index is 4.75. The number of methoxy groups -OCH3 is 2. The van der Waals surface area contributed by atoms with Crippen molar-refractivity contribution in [2.75, 3.05) is 39.9 Å². The molecule has 0 spiro atoms. The third kappa shape index (κ3) is 9.75. The van der Waals surface area contributed by atoms with Gasteiger partial charge in [0, 0.05) is 26.7 Å². The minimum Gasteiger partial charge on any atom is -0.379 e. The van der Waals surface area contributed by atoms with Crippen LogP contribution in [0.15, 0.2) is 0 Å². The van der Waals surface area contributed by atoms with Gasteiger partial charge in [0.1, 0.15) is 13.2 Å². The molecule has 0 bridgehead atoms. The molecular weight excluding hydrogens is 276 g/mol. The summed E-state index contributed by atoms with van der Waals surface area (Å²) in [6, 6.07) is 0. The van der Waals surface area contributed by atoms with Crippen LogP contribution in [0.2, 0.25) is 39.3 Å². The Hall–Kier alpha value is 0.274. The van der Waals surface area contributed by atoms with Crippen LogP contribution in [0.25, 0.3) is 0 Å². The van der Waals surface area contributed by atoms with Crippen LogP contribution in [-0.2, 0) is 18.9 Å². The van der Waals surface area contributed by atoms with Crippen LogP contribution in [0, 0.1) is 0 Å². The molecule has 19 heavy (non-hydrogen) atoms. The lowest BCUT2D eigenvalue weighted by molar-refractivity contribution is -0.263. The second kappa shape index (κ2) is 7.90. The first-order valence-corrected chi connectivity index (χ1v) is 14.2. The van der Waals surface area contributed by atoms with Crippen molar-refractivity contribution in [3.05, 3.63) is 0 Å². The molecular formula is C13H32O4Si2. The maximum absolute atomic E-state index is 6.08. The summed E-state index contributed by atoms with van der Waals surface area (Å²) in [5, 5.41) is 0. The first-order chi connectivity index (χ1) is 8.54. The van der Waals surface area contributed by atoms with Gasteiger partial charge in [0.25, 0.3) is 0 Å². The molecule has 0 saturated carbocycles. The van der Waals surface area contributed by atoms with Gasteiger partial charge in [-0.2, -0.15) is 0 Å². The second-order valence-corrected chi connectivity index (χ2v) is 18.3. The highest BCUT2D eigenvalue weighted by Gasteiger charge is 2.36. The Labute approximate surface area is 120 Å². The molecule has 4 nitrogen and oxygen atoms in total. The quantitative estimate of drug-likeness (QED) is 0.459. The lowest BCUT2D eigenvalue weighted by Crippen LogP contribution is -2.50. The van der Waals surface area contributed by atoms with Crippen LogP contribution in [0.3, 0.4) is 0 Å². The Morgan fingerprint density at radius 1 is 0.684 bits per heavy atom. The summed E-state index contributed by atoms with van der Waals surface area (Å²) in [4.78, 5) is 0. The Kier molecular flexibility index (Phi) is 8.01. The molecule has 0 fully saturated rings. The average molecular weight is 309 g/mol. The van der Waals surface area contributed by atoms with Crippen molar-refractivity contribution in [3.63, 3.8) is 0 Å². The molecule has 0 rings (SSSR count). The van der Waals surface area contributed by atoms with Gasteiger partial charge < -0.3 is 18.9 Å². The van der Waals surface area contributed by atoms with Crippen molar-refractivity contribution >= 4 is 16.1 Å². The Morgan fingerprint density at radius 2 is 1.00 bits per heavy atom. The number of ether oxygens (including phenoxy) is 4. The molecule has 0 aliphatic rings. The molecule has 0 radical (unpaired) electrons. The van der Waals surface area contributed by atoms with Crippen molar-refractivity contribution < 1.29 is 18.9 Å². The molecule has 0 heterocycles. The van der Waals surface area contributed by atoms with Gasteiger partial charge in [0.15, 0.2) is 0 Å². The van der Waals surface area contributed by atoms with E-state index in [1.165, 1.54) is 0 Å². The third-order valence-electron chi connectivity index (χ3n) is 2.26. The smallest absolute Gasteiger partial charge is 0.215 e. The topological polar surface area (TPSA) is 36.9 Å². The molecule has 0 aromatic heterocycles. The molecule has 0 atom stereocenters. The minimum atomic E-state index is -1.30. The summed E-state index contributed by atoms with van der Waals surface area (Å²) in [6.45, 7) is 14.4. The van der Waals surface area contributed by atoms with Crippen LogP contribution in [0.1, 0.15) is 0 Å². The summed E-state index contributed by atoms with van der Waals surface area (Å²) < 4.78 is 22.7. The largest absolute Gasteiger partial charge is 0.379 e. The van der Waals surface area contributed by atoms with Crippen molar-refractivity contribution in [3.8, 4) is 0 Å². The van der Waals surface area contributed by atoms with Gasteiger partial charge in [0.05, 0.1) is 16.1 Å². The molecule has 0 unspecified atom stereocenters. The molecule has 0 aromatic carbocycles. The standard InChI is InChI=1S/C13H32O4Si2/c1-14-9-13(10-15-2,16-11-18(3,4)5)17-12-19(6,7)8/h9-12H2,1-8H3. The molecule has 0 saturated heterocycles. The van der Waals surface area contributed by atoms with Gasteiger partial charge in [0.2, 0.25) is 5.79 Å². The zero-order valence-electron chi connectivity index (χ0n) is 14.0. The summed E-state index contributed by atoms with van der Waals surface area (Å²) in [5.74, 6) is -0.760. The Bertz CT molecular complexity index is 220. The molecule has 0 aliphatic heterocycles. The highest BCUT2D eigenvalue weighted by Crippen LogP contribution is 2.19. The number of rotatable bonds is 10. The summed E-state index contributed by atoms with van der Waals surface area (Å²) >= 11 is 0. The summed E-state index contributed by atoms with van der Waals surface area (Å²) in [5.41, 5.74) is 0. The molecule has 0 aromatic rings. The molecule has 116 valence electrons. The number of hydrogen-bond acceptors (Lipinski definition) is 4. The van der Waals surface area contributed by atoms with E-state index in [4.69, 9.17) is 18.9 Å². The fraction of sp³-hybridized carbons (Fsp3) is 1.00. The summed E-state index contributed by atoms with van der Waals surface area (Å²) in [6.07, 6.45) is 1.48. The highest BCUT2D eigenvalue weighted by atomic mass is 28.3. The van der Waals surface area contributed by atoms with Crippen molar-refractivity contribution in [2.45, 2.75) is 45.1 Å². The monoisotopic (exact) mass is 308 g/mol. The fourth-order valence-electron chi connectivity index (χ4n) is 1.39. The van der Waals surface area contributed by atoms with E-state index in [9.17, 15) is 0 Å². The van der Waals surface area contributed by atoms with Crippen LogP contribution in [0.5, 0.6) is 0 Å². The maximum atomic E-state index is 6.08. The van der Waals surface area contributed by atoms with Crippen LogP contribution >= 0.6 is 0 Å². The third-order valence-corrected chi connectivity index (χ3v) is 4.29. The Morgan fingerprint density at radius 3 is 1.21 bits per heavy atom. The summed E-state index contributed by atoms with van der Waals surface area (Å²) in [7, 11) is 0.730. The van der Waals surface area contributed by atoms with Gasteiger partial charge >= 0.3 is 0 Å². The van der Waals surface area contributed by atoms with E-state index in [1.54, 1.807) is 14.2 Å². The molecule has 0 N–H and O–H groups in total. The normalized spacial score (nSPS) is 13.9. The minimum absolute atomic E-state index is 0.399. The number of hydrogen-bond donors (Lipinski definition) is 0. The van der Waals surface area contributed by atoms with Crippen LogP contribution < -0.4 is 0 Å². The van der Waals surface area contributed by atoms with E-state index >= 15 is 0 Å². The van der Waals surface area contributed by atoms with Crippen molar-refractivity contribution in [2.24, 2.45) is 0 Å². The average Bonchev–Trinajstić information content (AvgIpc) is 2.22. The van der Waals surface area contributed by atoms with Gasteiger partial charge in [-0.1, -0.05) is 39.3 Å². The van der Waals surface area contributed by atoms with Crippen LogP contribution in [-0.4, -0.2) is 61.8 Å². The van der Waals surface area contributed by atoms with E-state index in [1.807, 2.05) is 0 Å². The van der Waals surface area contributed by atoms with Crippen molar-refractivity contribution in [1.82, 2.24) is 0 Å². The first kappa shape index (κ1) is 19.3. The van der Waals surface area contributed by atoms with Gasteiger partial charge in [-0.3, -0.25) is 0 Å². The zero-order chi connectivity index (χ0) is 15.2. The predicted octanol–water partition coefficient (Wildman–Crippen LogP) is 2.76. The molecule has 6 heteroatoms. The maximum Gasteiger partial charge on any atom is 0.215 e. The fourth-order valence-corrected chi connectivity index (χ4v) is 2.78. The predicted molar refractivity (Wildman–Crippen MR) is 85.1 cm³/mol. The first-order valence-electron chi connectivity index (χ1n) is 6.79. The van der Waals surface area contributed by atoms with E-state index in [0.717, 1.165) is 12.5 Å². The van der Waals surface area contributed by atoms with E-state index < -0.39 is 21.9 Å². The molecule has 0 amide bonds. The lowest BCUT2D eigenvalue weighted by atomic mass is 10.3. The second-order valence-electron chi connectivity index (χ2n) is 7.48. The van der Waals surface area contributed by atoms with Gasteiger partial charge in [-0.05, 0) is 0 Å². The lowest BCUT2D eigenvalue weighted by Gasteiger charge is -2.36. The highest BCUT2D eigenvalue weighted by molar-refractivity contribution is 6.76. The van der Waals surface area contributed by atoms with Gasteiger partial charge in [-0.25, -0.2) is 0 Å². The molecule has 0 aliphatic carbocycles. The van der Waals surface area contributed by atoms with E-state index in [0.29, 0.717) is 13.2 Å². The van der Waals surface area contributed by atoms with Crippen LogP contribution in [0.4, 0.5) is 0 Å². The van der Waals surface area contributed by atoms with Gasteiger partial charge in [-0.15, -0.1) is 0 Å². The SMILES string of the molecule is COCC(COC)(OC[Si](C)(C)C)OC[Si](C)(C)C. The van der Waals surface area contributed by atoms with E-state index in [2.05, 4.69) is 39.3 Å². The van der Waals surface area contributed by atoms with Crippen molar-refractivity contribution in [1.29, 1.82) is 0 Å². The van der Waals surface area contributed by atoms with E-state index in [-0.39, 0.29) is 0 Å².